The van der Waals surface area contributed by atoms with E-state index in [4.69, 9.17) is 0 Å². The average molecular weight is 469 g/mol. The highest BCUT2D eigenvalue weighted by molar-refractivity contribution is 7.16. The number of thiophene rings is 1. The lowest BCUT2D eigenvalue weighted by atomic mass is 10.1. The number of anilines is 1. The van der Waals surface area contributed by atoms with Crippen LogP contribution in [0.15, 0.2) is 24.3 Å². The lowest BCUT2D eigenvalue weighted by Gasteiger charge is -2.34. The number of carbonyl (C=O) groups excluding carboxylic acids is 2. The smallest absolute Gasteiger partial charge is 0.227 e. The van der Waals surface area contributed by atoms with E-state index in [9.17, 15) is 19.2 Å². The maximum atomic E-state index is 13.0. The number of nitrogens with one attached hydrogen (secondary N) is 1. The number of rotatable bonds is 6. The zero-order valence-corrected chi connectivity index (χ0v) is 19.6. The standard InChI is InChI=1S/C25H29FN4O2S/c26-19-8-6-18(7-9-19)16-24(32)30-14-12-29(13-15-30)11-10-23(31)28-25-21(17-27)20-4-2-1-3-5-22(20)33-25/h6-9H,1-5,10-16H2,(H,28,31). The van der Waals surface area contributed by atoms with Crippen LogP contribution in [0.1, 0.15) is 47.3 Å². The minimum atomic E-state index is -0.304. The molecule has 0 radical (unpaired) electrons. The van der Waals surface area contributed by atoms with Gasteiger partial charge in [0, 0.05) is 44.0 Å². The SMILES string of the molecule is N#Cc1c(NC(=O)CCN2CCN(C(=O)Cc3ccc(F)cc3)CC2)sc2c1CCCCC2. The second kappa shape index (κ2) is 10.9. The molecule has 0 saturated carbocycles. The first-order valence-corrected chi connectivity index (χ1v) is 12.4. The van der Waals surface area contributed by atoms with Crippen LogP contribution >= 0.6 is 11.3 Å². The van der Waals surface area contributed by atoms with Gasteiger partial charge in [-0.25, -0.2) is 4.39 Å². The zero-order valence-electron chi connectivity index (χ0n) is 18.7. The van der Waals surface area contributed by atoms with E-state index in [1.54, 1.807) is 23.5 Å². The first kappa shape index (κ1) is 23.4. The van der Waals surface area contributed by atoms with Gasteiger partial charge in [-0.3, -0.25) is 14.5 Å². The van der Waals surface area contributed by atoms with E-state index >= 15 is 0 Å². The summed E-state index contributed by atoms with van der Waals surface area (Å²) >= 11 is 1.56. The van der Waals surface area contributed by atoms with Crippen LogP contribution in [0.5, 0.6) is 0 Å². The molecule has 0 atom stereocenters. The summed E-state index contributed by atoms with van der Waals surface area (Å²) in [6, 6.07) is 8.34. The van der Waals surface area contributed by atoms with E-state index in [0.29, 0.717) is 36.6 Å². The molecule has 33 heavy (non-hydrogen) atoms. The second-order valence-corrected chi connectivity index (χ2v) is 9.81. The molecular formula is C25H29FN4O2S. The van der Waals surface area contributed by atoms with Crippen molar-refractivity contribution >= 4 is 28.2 Å². The van der Waals surface area contributed by atoms with Gasteiger partial charge < -0.3 is 10.2 Å². The number of piperazine rings is 1. The van der Waals surface area contributed by atoms with Gasteiger partial charge >= 0.3 is 0 Å². The molecule has 2 aromatic rings. The maximum Gasteiger partial charge on any atom is 0.227 e. The van der Waals surface area contributed by atoms with E-state index in [-0.39, 0.29) is 24.1 Å². The summed E-state index contributed by atoms with van der Waals surface area (Å²) in [6.07, 6.45) is 5.99. The molecule has 2 heterocycles. The van der Waals surface area contributed by atoms with E-state index in [1.807, 2.05) is 4.90 Å². The largest absolute Gasteiger partial charge is 0.340 e. The fourth-order valence-corrected chi connectivity index (χ4v) is 5.76. The summed E-state index contributed by atoms with van der Waals surface area (Å²) in [5.41, 5.74) is 2.60. The van der Waals surface area contributed by atoms with Crippen LogP contribution < -0.4 is 5.32 Å². The fraction of sp³-hybridized carbons (Fsp3) is 0.480. The van der Waals surface area contributed by atoms with Crippen LogP contribution in [0, 0.1) is 17.1 Å². The van der Waals surface area contributed by atoms with Crippen LogP contribution in [0.3, 0.4) is 0 Å². The number of hydrogen-bond donors (Lipinski definition) is 1. The fourth-order valence-electron chi connectivity index (χ4n) is 4.51. The highest BCUT2D eigenvalue weighted by Gasteiger charge is 2.23. The Morgan fingerprint density at radius 1 is 1.06 bits per heavy atom. The van der Waals surface area contributed by atoms with Crippen molar-refractivity contribution in [3.8, 4) is 6.07 Å². The van der Waals surface area contributed by atoms with Crippen molar-refractivity contribution in [2.24, 2.45) is 0 Å². The van der Waals surface area contributed by atoms with Gasteiger partial charge in [0.05, 0.1) is 12.0 Å². The minimum Gasteiger partial charge on any atom is -0.340 e. The number of halogens is 1. The third kappa shape index (κ3) is 5.98. The molecule has 1 aromatic heterocycles. The number of fused-ring (bicyclic) bond motifs is 1. The van der Waals surface area contributed by atoms with Gasteiger partial charge in [0.15, 0.2) is 0 Å². The van der Waals surface area contributed by atoms with E-state index in [2.05, 4.69) is 16.3 Å². The Morgan fingerprint density at radius 2 is 1.79 bits per heavy atom. The molecule has 0 unspecified atom stereocenters. The van der Waals surface area contributed by atoms with Gasteiger partial charge in [-0.15, -0.1) is 11.3 Å². The Kier molecular flexibility index (Phi) is 7.73. The van der Waals surface area contributed by atoms with E-state index < -0.39 is 0 Å². The highest BCUT2D eigenvalue weighted by atomic mass is 32.1. The van der Waals surface area contributed by atoms with Crippen molar-refractivity contribution in [3.05, 3.63) is 51.7 Å². The molecule has 6 nitrogen and oxygen atoms in total. The molecule has 1 aliphatic heterocycles. The first-order valence-electron chi connectivity index (χ1n) is 11.6. The topological polar surface area (TPSA) is 76.4 Å². The molecule has 1 aromatic carbocycles. The second-order valence-electron chi connectivity index (χ2n) is 8.70. The van der Waals surface area contributed by atoms with Crippen molar-refractivity contribution in [1.29, 1.82) is 5.26 Å². The summed E-state index contributed by atoms with van der Waals surface area (Å²) in [5, 5.41) is 13.3. The molecule has 2 amide bonds. The van der Waals surface area contributed by atoms with Crippen LogP contribution in [0.25, 0.3) is 0 Å². The zero-order chi connectivity index (χ0) is 23.2. The Bertz CT molecular complexity index is 1040. The first-order chi connectivity index (χ1) is 16.0. The molecule has 174 valence electrons. The van der Waals surface area contributed by atoms with Crippen molar-refractivity contribution in [2.45, 2.75) is 44.9 Å². The average Bonchev–Trinajstić information content (AvgIpc) is 2.98. The van der Waals surface area contributed by atoms with Gasteiger partial charge in [0.25, 0.3) is 0 Å². The lowest BCUT2D eigenvalue weighted by molar-refractivity contribution is -0.132. The van der Waals surface area contributed by atoms with Gasteiger partial charge in [0.1, 0.15) is 16.9 Å². The van der Waals surface area contributed by atoms with Gasteiger partial charge in [-0.1, -0.05) is 18.6 Å². The molecule has 2 aliphatic rings. The predicted octanol–water partition coefficient (Wildman–Crippen LogP) is 3.74. The molecule has 0 spiro atoms. The Hall–Kier alpha value is -2.76. The number of nitrogens with zero attached hydrogens (tertiary/aromatic N) is 3. The number of nitriles is 1. The number of aryl methyl sites for hydroxylation is 1. The summed E-state index contributed by atoms with van der Waals surface area (Å²) in [7, 11) is 0. The van der Waals surface area contributed by atoms with Crippen molar-refractivity contribution < 1.29 is 14.0 Å². The Balaban J connectivity index is 1.22. The summed E-state index contributed by atoms with van der Waals surface area (Å²) < 4.78 is 13.0. The predicted molar refractivity (Wildman–Crippen MR) is 127 cm³/mol. The molecule has 1 fully saturated rings. The number of amides is 2. The summed E-state index contributed by atoms with van der Waals surface area (Å²) in [5.74, 6) is -0.333. The third-order valence-corrected chi connectivity index (χ3v) is 7.64. The minimum absolute atomic E-state index is 0.0421. The molecule has 1 saturated heterocycles. The number of carbonyl (C=O) groups is 2. The quantitative estimate of drug-likeness (QED) is 0.656. The molecule has 1 aliphatic carbocycles. The van der Waals surface area contributed by atoms with Crippen LogP contribution in [-0.2, 0) is 28.9 Å². The highest BCUT2D eigenvalue weighted by Crippen LogP contribution is 2.37. The normalized spacial score (nSPS) is 16.5. The van der Waals surface area contributed by atoms with E-state index in [0.717, 1.165) is 49.9 Å². The number of hydrogen-bond acceptors (Lipinski definition) is 5. The summed E-state index contributed by atoms with van der Waals surface area (Å²) in [4.78, 5) is 30.4. The van der Waals surface area contributed by atoms with Crippen molar-refractivity contribution in [2.75, 3.05) is 38.0 Å². The Labute approximate surface area is 198 Å². The molecule has 0 bridgehead atoms. The van der Waals surface area contributed by atoms with Gasteiger partial charge in [0.2, 0.25) is 11.8 Å². The van der Waals surface area contributed by atoms with Crippen LogP contribution in [-0.4, -0.2) is 54.3 Å². The number of benzene rings is 1. The molecule has 8 heteroatoms. The van der Waals surface area contributed by atoms with Crippen molar-refractivity contribution in [1.82, 2.24) is 9.80 Å². The lowest BCUT2D eigenvalue weighted by Crippen LogP contribution is -2.49. The molecule has 4 rings (SSSR count). The third-order valence-electron chi connectivity index (χ3n) is 6.43. The monoisotopic (exact) mass is 468 g/mol. The van der Waals surface area contributed by atoms with Crippen LogP contribution in [0.4, 0.5) is 9.39 Å². The van der Waals surface area contributed by atoms with Gasteiger partial charge in [-0.05, 0) is 48.9 Å². The van der Waals surface area contributed by atoms with Crippen LogP contribution in [0.2, 0.25) is 0 Å². The summed E-state index contributed by atoms with van der Waals surface area (Å²) in [6.45, 7) is 3.31. The molecular weight excluding hydrogens is 439 g/mol. The Morgan fingerprint density at radius 3 is 2.52 bits per heavy atom. The maximum absolute atomic E-state index is 13.0. The van der Waals surface area contributed by atoms with Crippen molar-refractivity contribution in [3.63, 3.8) is 0 Å². The van der Waals surface area contributed by atoms with E-state index in [1.165, 1.54) is 23.4 Å². The molecule has 1 N–H and O–H groups in total. The van der Waals surface area contributed by atoms with Gasteiger partial charge in [-0.2, -0.15) is 5.26 Å².